The Bertz CT molecular complexity index is 414. The minimum Gasteiger partial charge on any atom is -0.497 e. The van der Waals surface area contributed by atoms with Crippen molar-refractivity contribution in [2.75, 3.05) is 20.7 Å². The highest BCUT2D eigenvalue weighted by molar-refractivity contribution is 5.81. The van der Waals surface area contributed by atoms with Gasteiger partial charge in [0.05, 0.1) is 13.2 Å². The number of rotatable bonds is 4. The van der Waals surface area contributed by atoms with Gasteiger partial charge in [-0.3, -0.25) is 4.79 Å². The molecule has 0 saturated carbocycles. The zero-order chi connectivity index (χ0) is 13.0. The molecule has 2 rings (SSSR count). The monoisotopic (exact) mass is 248 g/mol. The maximum Gasteiger partial charge on any atom is 0.239 e. The maximum atomic E-state index is 12.1. The SMILES string of the molecule is COc1cccc(CN(C)C(=O)[C@@H]2CCCN2)c1. The number of amides is 1. The van der Waals surface area contributed by atoms with Crippen LogP contribution in [0, 0.1) is 0 Å². The van der Waals surface area contributed by atoms with Gasteiger partial charge in [0.25, 0.3) is 0 Å². The topological polar surface area (TPSA) is 41.6 Å². The maximum absolute atomic E-state index is 12.1. The zero-order valence-electron chi connectivity index (χ0n) is 11.0. The summed E-state index contributed by atoms with van der Waals surface area (Å²) in [6.45, 7) is 1.57. The summed E-state index contributed by atoms with van der Waals surface area (Å²) in [5, 5.41) is 3.23. The minimum atomic E-state index is 0.000563. The van der Waals surface area contributed by atoms with E-state index < -0.39 is 0 Å². The molecule has 0 radical (unpaired) electrons. The Morgan fingerprint density at radius 3 is 3.06 bits per heavy atom. The van der Waals surface area contributed by atoms with E-state index in [1.165, 1.54) is 0 Å². The summed E-state index contributed by atoms with van der Waals surface area (Å²) in [5.74, 6) is 1.00. The number of likely N-dealkylation sites (N-methyl/N-ethyl adjacent to an activating group) is 1. The highest BCUT2D eigenvalue weighted by Gasteiger charge is 2.24. The molecule has 0 spiro atoms. The van der Waals surface area contributed by atoms with Crippen LogP contribution in [-0.4, -0.2) is 37.6 Å². The van der Waals surface area contributed by atoms with Gasteiger partial charge in [0.15, 0.2) is 0 Å². The molecule has 4 heteroatoms. The molecular formula is C14H20N2O2. The Morgan fingerprint density at radius 2 is 2.39 bits per heavy atom. The summed E-state index contributed by atoms with van der Waals surface area (Å²) >= 11 is 0. The van der Waals surface area contributed by atoms with E-state index in [1.54, 1.807) is 12.0 Å². The van der Waals surface area contributed by atoms with E-state index in [2.05, 4.69) is 5.32 Å². The lowest BCUT2D eigenvalue weighted by molar-refractivity contribution is -0.132. The molecule has 4 nitrogen and oxygen atoms in total. The van der Waals surface area contributed by atoms with Crippen molar-refractivity contribution in [3.05, 3.63) is 29.8 Å². The third kappa shape index (κ3) is 3.01. The molecule has 1 aromatic rings. The Kier molecular flexibility index (Phi) is 4.20. The van der Waals surface area contributed by atoms with Crippen LogP contribution in [0.3, 0.4) is 0 Å². The van der Waals surface area contributed by atoms with E-state index in [-0.39, 0.29) is 11.9 Å². The molecule has 98 valence electrons. The zero-order valence-corrected chi connectivity index (χ0v) is 11.0. The van der Waals surface area contributed by atoms with Gasteiger partial charge in [-0.2, -0.15) is 0 Å². The number of hydrogen-bond donors (Lipinski definition) is 1. The average molecular weight is 248 g/mol. The predicted octanol–water partition coefficient (Wildman–Crippen LogP) is 1.41. The van der Waals surface area contributed by atoms with Gasteiger partial charge >= 0.3 is 0 Å². The Hall–Kier alpha value is -1.55. The van der Waals surface area contributed by atoms with Gasteiger partial charge in [0.2, 0.25) is 5.91 Å². The van der Waals surface area contributed by atoms with Gasteiger partial charge in [0, 0.05) is 13.6 Å². The van der Waals surface area contributed by atoms with Crippen LogP contribution in [0.1, 0.15) is 18.4 Å². The molecule has 1 aliphatic rings. The lowest BCUT2D eigenvalue weighted by Crippen LogP contribution is -2.41. The molecule has 1 aromatic carbocycles. The lowest BCUT2D eigenvalue weighted by Gasteiger charge is -2.21. The third-order valence-corrected chi connectivity index (χ3v) is 3.29. The molecule has 0 aromatic heterocycles. The van der Waals surface area contributed by atoms with Crippen LogP contribution >= 0.6 is 0 Å². The second kappa shape index (κ2) is 5.87. The summed E-state index contributed by atoms with van der Waals surface area (Å²) in [7, 11) is 3.50. The number of carbonyl (C=O) groups is 1. The predicted molar refractivity (Wildman–Crippen MR) is 70.5 cm³/mol. The number of nitrogens with one attached hydrogen (secondary N) is 1. The van der Waals surface area contributed by atoms with Crippen molar-refractivity contribution < 1.29 is 9.53 Å². The van der Waals surface area contributed by atoms with Crippen LogP contribution in [-0.2, 0) is 11.3 Å². The molecule has 18 heavy (non-hydrogen) atoms. The number of nitrogens with zero attached hydrogens (tertiary/aromatic N) is 1. The number of hydrogen-bond acceptors (Lipinski definition) is 3. The number of methoxy groups -OCH3 is 1. The number of benzene rings is 1. The summed E-state index contributed by atoms with van der Waals surface area (Å²) in [5.41, 5.74) is 1.09. The average Bonchev–Trinajstić information content (AvgIpc) is 2.92. The molecular weight excluding hydrogens is 228 g/mol. The molecule has 1 N–H and O–H groups in total. The van der Waals surface area contributed by atoms with Gasteiger partial charge < -0.3 is 15.0 Å². The second-order valence-corrected chi connectivity index (χ2v) is 4.69. The first-order valence-electron chi connectivity index (χ1n) is 6.32. The first kappa shape index (κ1) is 12.9. The van der Waals surface area contributed by atoms with E-state index in [1.807, 2.05) is 31.3 Å². The Labute approximate surface area is 108 Å². The molecule has 1 amide bonds. The van der Waals surface area contributed by atoms with Crippen molar-refractivity contribution in [1.82, 2.24) is 10.2 Å². The van der Waals surface area contributed by atoms with Crippen molar-refractivity contribution in [2.24, 2.45) is 0 Å². The highest BCUT2D eigenvalue weighted by Crippen LogP contribution is 2.15. The molecule has 1 saturated heterocycles. The Balaban J connectivity index is 1.97. The molecule has 1 atom stereocenters. The van der Waals surface area contributed by atoms with Crippen molar-refractivity contribution in [2.45, 2.75) is 25.4 Å². The van der Waals surface area contributed by atoms with Crippen LogP contribution in [0.4, 0.5) is 0 Å². The van der Waals surface area contributed by atoms with Crippen LogP contribution in [0.25, 0.3) is 0 Å². The summed E-state index contributed by atoms with van der Waals surface area (Å²) in [6, 6.07) is 7.82. The number of ether oxygens (including phenoxy) is 1. The van der Waals surface area contributed by atoms with E-state index in [0.29, 0.717) is 6.54 Å². The van der Waals surface area contributed by atoms with Crippen LogP contribution < -0.4 is 10.1 Å². The largest absolute Gasteiger partial charge is 0.497 e. The Morgan fingerprint density at radius 1 is 1.56 bits per heavy atom. The van der Waals surface area contributed by atoms with Crippen molar-refractivity contribution in [1.29, 1.82) is 0 Å². The first-order chi connectivity index (χ1) is 8.70. The fourth-order valence-corrected chi connectivity index (χ4v) is 2.28. The fourth-order valence-electron chi connectivity index (χ4n) is 2.28. The fraction of sp³-hybridized carbons (Fsp3) is 0.500. The van der Waals surface area contributed by atoms with Crippen molar-refractivity contribution >= 4 is 5.91 Å². The lowest BCUT2D eigenvalue weighted by atomic mass is 10.1. The van der Waals surface area contributed by atoms with Crippen molar-refractivity contribution in [3.8, 4) is 5.75 Å². The van der Waals surface area contributed by atoms with E-state index in [4.69, 9.17) is 4.74 Å². The molecule has 0 aliphatic carbocycles. The van der Waals surface area contributed by atoms with Gasteiger partial charge in [-0.15, -0.1) is 0 Å². The summed E-state index contributed by atoms with van der Waals surface area (Å²) in [4.78, 5) is 13.9. The van der Waals surface area contributed by atoms with Crippen LogP contribution in [0.15, 0.2) is 24.3 Å². The smallest absolute Gasteiger partial charge is 0.239 e. The number of carbonyl (C=O) groups excluding carboxylic acids is 1. The van der Waals surface area contributed by atoms with Gasteiger partial charge in [-0.1, -0.05) is 12.1 Å². The molecule has 0 unspecified atom stereocenters. The molecule has 1 heterocycles. The third-order valence-electron chi connectivity index (χ3n) is 3.29. The molecule has 1 fully saturated rings. The minimum absolute atomic E-state index is 0.000563. The van der Waals surface area contributed by atoms with Gasteiger partial charge in [0.1, 0.15) is 5.75 Å². The normalized spacial score (nSPS) is 18.7. The summed E-state index contributed by atoms with van der Waals surface area (Å²) in [6.07, 6.45) is 2.03. The van der Waals surface area contributed by atoms with Gasteiger partial charge in [-0.05, 0) is 37.1 Å². The first-order valence-corrected chi connectivity index (χ1v) is 6.32. The van der Waals surface area contributed by atoms with E-state index >= 15 is 0 Å². The summed E-state index contributed by atoms with van der Waals surface area (Å²) < 4.78 is 5.18. The standard InChI is InChI=1S/C14H20N2O2/c1-16(14(17)13-7-4-8-15-13)10-11-5-3-6-12(9-11)18-2/h3,5-6,9,13,15H,4,7-8,10H2,1-2H3/t13-/m0/s1. The van der Waals surface area contributed by atoms with Gasteiger partial charge in [-0.25, -0.2) is 0 Å². The molecule has 1 aliphatic heterocycles. The van der Waals surface area contributed by atoms with Crippen LogP contribution in [0.2, 0.25) is 0 Å². The van der Waals surface area contributed by atoms with E-state index in [0.717, 1.165) is 30.7 Å². The van der Waals surface area contributed by atoms with E-state index in [9.17, 15) is 4.79 Å². The quantitative estimate of drug-likeness (QED) is 0.876. The van der Waals surface area contributed by atoms with Crippen molar-refractivity contribution in [3.63, 3.8) is 0 Å². The highest BCUT2D eigenvalue weighted by atomic mass is 16.5. The van der Waals surface area contributed by atoms with Crippen LogP contribution in [0.5, 0.6) is 5.75 Å². The molecule has 0 bridgehead atoms. The second-order valence-electron chi connectivity index (χ2n) is 4.69.